The molecule has 0 aliphatic heterocycles. The van der Waals surface area contributed by atoms with Gasteiger partial charge in [0.25, 0.3) is 0 Å². The molecule has 0 aromatic carbocycles. The highest BCUT2D eigenvalue weighted by Gasteiger charge is 2.44. The average molecular weight is 259 g/mol. The smallest absolute Gasteiger partial charge is 0.310 e. The molecule has 1 heterocycles. The van der Waals surface area contributed by atoms with Crippen molar-refractivity contribution in [3.8, 4) is 0 Å². The summed E-state index contributed by atoms with van der Waals surface area (Å²) in [5.41, 5.74) is -0.548. The first-order chi connectivity index (χ1) is 7.52. The summed E-state index contributed by atoms with van der Waals surface area (Å²) in [5, 5.41) is 9.42. The molecule has 2 rings (SSSR count). The van der Waals surface area contributed by atoms with Gasteiger partial charge in [-0.1, -0.05) is 18.5 Å². The molecule has 1 aliphatic carbocycles. The summed E-state index contributed by atoms with van der Waals surface area (Å²) >= 11 is 7.36. The van der Waals surface area contributed by atoms with Crippen molar-refractivity contribution in [2.45, 2.75) is 32.6 Å². The molecule has 1 aromatic heterocycles. The lowest BCUT2D eigenvalue weighted by Gasteiger charge is -2.23. The van der Waals surface area contributed by atoms with Crippen LogP contribution in [0.4, 0.5) is 0 Å². The van der Waals surface area contributed by atoms with Gasteiger partial charge in [-0.3, -0.25) is 4.79 Å². The summed E-state index contributed by atoms with van der Waals surface area (Å²) in [7, 11) is 0. The standard InChI is InChI=1S/C12H15ClO2S/c1-8-4-5-12(6-8,11(14)15)7-9-2-3-10(13)16-9/h2-3,8H,4-7H2,1H3,(H,14,15). The zero-order valence-corrected chi connectivity index (χ0v) is 10.8. The molecular formula is C12H15ClO2S. The Hall–Kier alpha value is -0.540. The monoisotopic (exact) mass is 258 g/mol. The highest BCUT2D eigenvalue weighted by molar-refractivity contribution is 7.16. The molecule has 0 bridgehead atoms. The number of carboxylic acids is 1. The van der Waals surface area contributed by atoms with E-state index in [9.17, 15) is 9.90 Å². The first-order valence-electron chi connectivity index (χ1n) is 5.49. The Morgan fingerprint density at radius 3 is 2.88 bits per heavy atom. The maximum atomic E-state index is 11.5. The Balaban J connectivity index is 2.18. The maximum Gasteiger partial charge on any atom is 0.310 e. The summed E-state index contributed by atoms with van der Waals surface area (Å²) in [6, 6.07) is 3.79. The van der Waals surface area contributed by atoms with E-state index in [2.05, 4.69) is 6.92 Å². The molecule has 2 unspecified atom stereocenters. The van der Waals surface area contributed by atoms with Gasteiger partial charge < -0.3 is 5.11 Å². The number of thiophene rings is 1. The third-order valence-electron chi connectivity index (χ3n) is 3.45. The number of carboxylic acid groups (broad SMARTS) is 1. The molecular weight excluding hydrogens is 244 g/mol. The molecule has 88 valence electrons. The second kappa shape index (κ2) is 4.38. The molecule has 4 heteroatoms. The molecule has 0 saturated heterocycles. The van der Waals surface area contributed by atoms with Crippen LogP contribution in [0, 0.1) is 11.3 Å². The van der Waals surface area contributed by atoms with Crippen molar-refractivity contribution in [1.29, 1.82) is 0 Å². The molecule has 1 saturated carbocycles. The minimum atomic E-state index is -0.652. The normalized spacial score (nSPS) is 29.5. The highest BCUT2D eigenvalue weighted by atomic mass is 35.5. The van der Waals surface area contributed by atoms with Gasteiger partial charge in [0.2, 0.25) is 0 Å². The summed E-state index contributed by atoms with van der Waals surface area (Å²) in [6.07, 6.45) is 3.23. The van der Waals surface area contributed by atoms with Crippen molar-refractivity contribution < 1.29 is 9.90 Å². The fourth-order valence-electron chi connectivity index (χ4n) is 2.60. The molecule has 16 heavy (non-hydrogen) atoms. The van der Waals surface area contributed by atoms with Crippen LogP contribution in [0.1, 0.15) is 31.1 Å². The topological polar surface area (TPSA) is 37.3 Å². The molecule has 1 N–H and O–H groups in total. The Morgan fingerprint density at radius 2 is 2.44 bits per heavy atom. The number of carbonyl (C=O) groups is 1. The molecule has 1 fully saturated rings. The van der Waals surface area contributed by atoms with Gasteiger partial charge in [0.05, 0.1) is 9.75 Å². The fraction of sp³-hybridized carbons (Fsp3) is 0.583. The first-order valence-corrected chi connectivity index (χ1v) is 6.69. The van der Waals surface area contributed by atoms with E-state index in [0.29, 0.717) is 12.3 Å². The van der Waals surface area contributed by atoms with Crippen molar-refractivity contribution in [1.82, 2.24) is 0 Å². The Bertz CT molecular complexity index is 401. The summed E-state index contributed by atoms with van der Waals surface area (Å²) in [5.74, 6) is -0.132. The van der Waals surface area contributed by atoms with Gasteiger partial charge in [-0.05, 0) is 43.7 Å². The summed E-state index contributed by atoms with van der Waals surface area (Å²) < 4.78 is 0.738. The van der Waals surface area contributed by atoms with E-state index in [-0.39, 0.29) is 0 Å². The van der Waals surface area contributed by atoms with Crippen LogP contribution in [0.25, 0.3) is 0 Å². The van der Waals surface area contributed by atoms with Gasteiger partial charge in [0.1, 0.15) is 0 Å². The van der Waals surface area contributed by atoms with Crippen molar-refractivity contribution in [3.63, 3.8) is 0 Å². The predicted octanol–water partition coefficient (Wildman–Crippen LogP) is 3.84. The Morgan fingerprint density at radius 1 is 1.69 bits per heavy atom. The first kappa shape index (κ1) is 11.9. The third kappa shape index (κ3) is 2.25. The van der Waals surface area contributed by atoms with E-state index in [0.717, 1.165) is 28.5 Å². The van der Waals surface area contributed by atoms with E-state index in [1.807, 2.05) is 12.1 Å². The van der Waals surface area contributed by atoms with Crippen LogP contribution >= 0.6 is 22.9 Å². The zero-order valence-electron chi connectivity index (χ0n) is 9.20. The highest BCUT2D eigenvalue weighted by Crippen LogP contribution is 2.45. The second-order valence-electron chi connectivity index (χ2n) is 4.82. The number of halogens is 1. The van der Waals surface area contributed by atoms with Gasteiger partial charge in [-0.25, -0.2) is 0 Å². The van der Waals surface area contributed by atoms with Crippen molar-refractivity contribution in [2.75, 3.05) is 0 Å². The Labute approximate surface area is 104 Å². The lowest BCUT2D eigenvalue weighted by molar-refractivity contribution is -0.148. The van der Waals surface area contributed by atoms with Crippen molar-refractivity contribution in [3.05, 3.63) is 21.3 Å². The van der Waals surface area contributed by atoms with E-state index in [1.165, 1.54) is 11.3 Å². The minimum Gasteiger partial charge on any atom is -0.481 e. The molecule has 1 aromatic rings. The molecule has 0 amide bonds. The maximum absolute atomic E-state index is 11.5. The number of aliphatic carboxylic acids is 1. The van der Waals surface area contributed by atoms with Crippen LogP contribution in [-0.2, 0) is 11.2 Å². The van der Waals surface area contributed by atoms with E-state index < -0.39 is 11.4 Å². The van der Waals surface area contributed by atoms with Gasteiger partial charge in [-0.15, -0.1) is 11.3 Å². The van der Waals surface area contributed by atoms with Gasteiger partial charge in [0.15, 0.2) is 0 Å². The lowest BCUT2D eigenvalue weighted by atomic mass is 9.81. The molecule has 0 spiro atoms. The molecule has 1 aliphatic rings. The minimum absolute atomic E-state index is 0.520. The summed E-state index contributed by atoms with van der Waals surface area (Å²) in [4.78, 5) is 12.5. The molecule has 2 nitrogen and oxygen atoms in total. The van der Waals surface area contributed by atoms with Crippen LogP contribution in [0.2, 0.25) is 4.34 Å². The fourth-order valence-corrected chi connectivity index (χ4v) is 3.84. The van der Waals surface area contributed by atoms with E-state index in [4.69, 9.17) is 11.6 Å². The van der Waals surface area contributed by atoms with Crippen LogP contribution < -0.4 is 0 Å². The van der Waals surface area contributed by atoms with Crippen LogP contribution in [-0.4, -0.2) is 11.1 Å². The van der Waals surface area contributed by atoms with Crippen LogP contribution in [0.5, 0.6) is 0 Å². The zero-order chi connectivity index (χ0) is 11.8. The van der Waals surface area contributed by atoms with Gasteiger partial charge in [-0.2, -0.15) is 0 Å². The van der Waals surface area contributed by atoms with E-state index in [1.54, 1.807) is 0 Å². The number of rotatable bonds is 3. The van der Waals surface area contributed by atoms with Crippen LogP contribution in [0.15, 0.2) is 12.1 Å². The van der Waals surface area contributed by atoms with Gasteiger partial charge in [0, 0.05) is 4.88 Å². The Kier molecular flexibility index (Phi) is 3.27. The molecule has 2 atom stereocenters. The number of hydrogen-bond donors (Lipinski definition) is 1. The second-order valence-corrected chi connectivity index (χ2v) is 6.62. The number of hydrogen-bond acceptors (Lipinski definition) is 2. The van der Waals surface area contributed by atoms with Crippen molar-refractivity contribution >= 4 is 28.9 Å². The largest absolute Gasteiger partial charge is 0.481 e. The predicted molar refractivity (Wildman–Crippen MR) is 66.1 cm³/mol. The summed E-state index contributed by atoms with van der Waals surface area (Å²) in [6.45, 7) is 2.13. The van der Waals surface area contributed by atoms with Crippen LogP contribution in [0.3, 0.4) is 0 Å². The molecule has 0 radical (unpaired) electrons. The van der Waals surface area contributed by atoms with Gasteiger partial charge >= 0.3 is 5.97 Å². The SMILES string of the molecule is CC1CCC(Cc2ccc(Cl)s2)(C(=O)O)C1. The van der Waals surface area contributed by atoms with E-state index >= 15 is 0 Å². The lowest BCUT2D eigenvalue weighted by Crippen LogP contribution is -2.30. The third-order valence-corrected chi connectivity index (χ3v) is 4.68. The average Bonchev–Trinajstić information content (AvgIpc) is 2.75. The van der Waals surface area contributed by atoms with Crippen molar-refractivity contribution in [2.24, 2.45) is 11.3 Å². The quantitative estimate of drug-likeness (QED) is 0.895.